The molecular weight excluding hydrogens is 548 g/mol. The highest BCUT2D eigenvalue weighted by Gasteiger charge is 2.51. The van der Waals surface area contributed by atoms with Gasteiger partial charge in [-0.15, -0.1) is 0 Å². The number of carbonyl (C=O) groups excluding carboxylic acids is 1. The second-order valence-corrected chi connectivity index (χ2v) is 10.9. The molecule has 14 atom stereocenters. The van der Waals surface area contributed by atoms with Crippen LogP contribution in [0, 0.1) is 5.92 Å². The summed E-state index contributed by atoms with van der Waals surface area (Å²) in [7, 11) is 0. The number of allylic oxidation sites excluding steroid dienone is 1. The first-order valence-corrected chi connectivity index (χ1v) is 13.5. The third-order valence-corrected chi connectivity index (χ3v) is 8.10. The van der Waals surface area contributed by atoms with E-state index in [0.717, 1.165) is 0 Å². The average molecular weight is 585 g/mol. The highest BCUT2D eigenvalue weighted by molar-refractivity contribution is 6.22. The first-order valence-electron chi connectivity index (χ1n) is 13.5. The van der Waals surface area contributed by atoms with Crippen molar-refractivity contribution in [2.45, 2.75) is 99.5 Å². The predicted molar refractivity (Wildman–Crippen MR) is 135 cm³/mol. The number of benzene rings is 1. The lowest BCUT2D eigenvalue weighted by atomic mass is 9.76. The van der Waals surface area contributed by atoms with Crippen LogP contribution in [-0.4, -0.2) is 133 Å². The van der Waals surface area contributed by atoms with Crippen LogP contribution in [0.1, 0.15) is 25.3 Å². The van der Waals surface area contributed by atoms with Crippen molar-refractivity contribution in [3.8, 4) is 5.75 Å². The van der Waals surface area contributed by atoms with E-state index in [9.17, 15) is 45.6 Å². The average Bonchev–Trinajstić information content (AvgIpc) is 2.94. The van der Waals surface area contributed by atoms with Gasteiger partial charge in [-0.25, -0.2) is 0 Å². The van der Waals surface area contributed by atoms with Crippen LogP contribution in [0.25, 0.3) is 5.57 Å². The Morgan fingerprint density at radius 2 is 1.56 bits per heavy atom. The molecule has 0 amide bonds. The van der Waals surface area contributed by atoms with Gasteiger partial charge >= 0.3 is 0 Å². The molecule has 1 aliphatic carbocycles. The van der Waals surface area contributed by atoms with Crippen LogP contribution in [0.4, 0.5) is 0 Å². The number of aliphatic hydroxyl groups excluding tert-OH is 8. The van der Waals surface area contributed by atoms with Crippen LogP contribution >= 0.6 is 0 Å². The number of rotatable bonds is 6. The zero-order chi connectivity index (χ0) is 29.6. The summed E-state index contributed by atoms with van der Waals surface area (Å²) in [6.45, 7) is 0.793. The highest BCUT2D eigenvalue weighted by Crippen LogP contribution is 2.37. The Hall–Kier alpha value is -2.21. The first-order chi connectivity index (χ1) is 19.5. The van der Waals surface area contributed by atoms with E-state index in [2.05, 4.69) is 0 Å². The smallest absolute Gasteiger partial charge is 0.229 e. The summed E-state index contributed by atoms with van der Waals surface area (Å²) in [5.41, 5.74) is 0.709. The minimum Gasteiger partial charge on any atom is -0.496 e. The van der Waals surface area contributed by atoms with Crippen LogP contribution in [0.15, 0.2) is 30.5 Å². The Morgan fingerprint density at radius 1 is 0.854 bits per heavy atom. The third-order valence-electron chi connectivity index (χ3n) is 8.10. The van der Waals surface area contributed by atoms with Crippen LogP contribution < -0.4 is 4.74 Å². The molecule has 0 bridgehead atoms. The van der Waals surface area contributed by atoms with E-state index in [1.54, 1.807) is 12.1 Å². The molecule has 1 aromatic carbocycles. The molecule has 3 aliphatic heterocycles. The molecule has 8 N–H and O–H groups in total. The van der Waals surface area contributed by atoms with Crippen LogP contribution in [-0.2, 0) is 23.7 Å². The number of fused-ring (bicyclic) bond motifs is 1. The Kier molecular flexibility index (Phi) is 8.99. The second-order valence-electron chi connectivity index (χ2n) is 10.9. The molecule has 14 nitrogen and oxygen atoms in total. The fraction of sp³-hybridized carbons (Fsp3) is 0.667. The number of hydrogen-bond acceptors (Lipinski definition) is 14. The fourth-order valence-corrected chi connectivity index (χ4v) is 5.70. The van der Waals surface area contributed by atoms with Gasteiger partial charge in [0.05, 0.1) is 42.7 Å². The van der Waals surface area contributed by atoms with E-state index in [-0.39, 0.29) is 29.9 Å². The van der Waals surface area contributed by atoms with Gasteiger partial charge in [0.15, 0.2) is 18.2 Å². The third kappa shape index (κ3) is 5.87. The predicted octanol–water partition coefficient (Wildman–Crippen LogP) is -2.84. The summed E-state index contributed by atoms with van der Waals surface area (Å²) < 4.78 is 28.3. The Labute approximate surface area is 234 Å². The van der Waals surface area contributed by atoms with E-state index >= 15 is 0 Å². The second kappa shape index (κ2) is 12.2. The molecule has 0 aromatic heterocycles. The van der Waals surface area contributed by atoms with E-state index < -0.39 is 92.2 Å². The summed E-state index contributed by atoms with van der Waals surface area (Å²) in [5, 5.41) is 81.5. The lowest BCUT2D eigenvalue weighted by Gasteiger charge is -2.45. The normalized spacial score (nSPS) is 44.9. The minimum absolute atomic E-state index is 0.0811. The molecule has 1 saturated carbocycles. The van der Waals surface area contributed by atoms with Crippen LogP contribution in [0.5, 0.6) is 5.75 Å². The fourth-order valence-electron chi connectivity index (χ4n) is 5.70. The van der Waals surface area contributed by atoms with Crippen LogP contribution in [0.2, 0.25) is 0 Å². The summed E-state index contributed by atoms with van der Waals surface area (Å²) in [4.78, 5) is 13.1. The Morgan fingerprint density at radius 3 is 2.24 bits per heavy atom. The van der Waals surface area contributed by atoms with Crippen molar-refractivity contribution in [3.05, 3.63) is 36.1 Å². The van der Waals surface area contributed by atoms with Gasteiger partial charge < -0.3 is 64.5 Å². The van der Waals surface area contributed by atoms with Gasteiger partial charge in [0.25, 0.3) is 0 Å². The molecule has 14 heteroatoms. The van der Waals surface area contributed by atoms with E-state index in [4.69, 9.17) is 23.7 Å². The molecule has 5 rings (SSSR count). The van der Waals surface area contributed by atoms with E-state index in [0.29, 0.717) is 5.56 Å². The number of Topliss-reactive ketones (excluding diaryl/α,β-unsaturated/α-hetero) is 1. The van der Waals surface area contributed by atoms with Gasteiger partial charge in [-0.05, 0) is 24.6 Å². The van der Waals surface area contributed by atoms with Crippen molar-refractivity contribution in [1.82, 2.24) is 0 Å². The van der Waals surface area contributed by atoms with Crippen molar-refractivity contribution >= 4 is 11.4 Å². The van der Waals surface area contributed by atoms with Gasteiger partial charge in [0.1, 0.15) is 48.5 Å². The van der Waals surface area contributed by atoms with Crippen molar-refractivity contribution in [2.24, 2.45) is 5.92 Å². The van der Waals surface area contributed by atoms with Gasteiger partial charge in [-0.3, -0.25) is 4.79 Å². The van der Waals surface area contributed by atoms with Gasteiger partial charge in [0.2, 0.25) is 6.29 Å². The first kappa shape index (κ1) is 30.3. The van der Waals surface area contributed by atoms with Crippen LogP contribution in [0.3, 0.4) is 0 Å². The summed E-state index contributed by atoms with van der Waals surface area (Å²) in [5.74, 6) is -0.926. The maximum absolute atomic E-state index is 13.1. The summed E-state index contributed by atoms with van der Waals surface area (Å²) in [6, 6.07) is 6.12. The zero-order valence-electron chi connectivity index (χ0n) is 22.1. The molecular formula is C27H36O14. The summed E-state index contributed by atoms with van der Waals surface area (Å²) >= 11 is 0. The maximum atomic E-state index is 13.1. The summed E-state index contributed by atoms with van der Waals surface area (Å²) in [6.07, 6.45) is -15.3. The largest absolute Gasteiger partial charge is 0.496 e. The SMILES string of the molecule is C[C@@H]1O[C@@H](O[C@H]2[C@H](Oc3ccc(C4=COC5CC(O)CC(O)C5C4=O)cc3)O[C@H](CO)[C@@H](O)[C@@H]2O)[C@H](O)[C@H](O)[C@H]1O. The quantitative estimate of drug-likeness (QED) is 0.169. The lowest BCUT2D eigenvalue weighted by molar-refractivity contribution is -0.354. The molecule has 3 heterocycles. The molecule has 0 radical (unpaired) electrons. The molecule has 0 spiro atoms. The number of carbonyl (C=O) groups is 1. The van der Waals surface area contributed by atoms with E-state index in [1.165, 1.54) is 25.3 Å². The van der Waals surface area contributed by atoms with Gasteiger partial charge in [-0.1, -0.05) is 12.1 Å². The van der Waals surface area contributed by atoms with Crippen molar-refractivity contribution in [1.29, 1.82) is 0 Å². The van der Waals surface area contributed by atoms with E-state index in [1.807, 2.05) is 0 Å². The molecule has 41 heavy (non-hydrogen) atoms. The zero-order valence-corrected chi connectivity index (χ0v) is 22.1. The number of hydrogen-bond donors (Lipinski definition) is 8. The Bertz CT molecular complexity index is 1100. The van der Waals surface area contributed by atoms with Gasteiger partial charge in [0, 0.05) is 12.8 Å². The molecule has 1 aromatic rings. The van der Waals surface area contributed by atoms with Crippen molar-refractivity contribution in [2.75, 3.05) is 6.61 Å². The van der Waals surface area contributed by atoms with Gasteiger partial charge in [-0.2, -0.15) is 0 Å². The lowest BCUT2D eigenvalue weighted by Crippen LogP contribution is -2.64. The molecule has 2 saturated heterocycles. The molecule has 4 unspecified atom stereocenters. The number of ketones is 1. The standard InChI is InChI=1S/C27H36O14/c1-10-19(31)22(34)24(36)26(38-10)41-25-23(35)21(33)17(8-28)40-27(25)39-13-4-2-11(3-5-13)14-9-37-16-7-12(29)6-15(30)18(16)20(14)32/h2-5,9-10,12,15-19,21-31,33-36H,6-8H2,1H3/t10-,12?,15?,16?,17+,18?,19-,21+,22+,23-,24+,25+,26-,27+/m0/s1. The Balaban J connectivity index is 1.32. The molecule has 4 aliphatic rings. The monoisotopic (exact) mass is 584 g/mol. The topological polar surface area (TPSA) is 225 Å². The minimum atomic E-state index is -1.70. The molecule has 3 fully saturated rings. The maximum Gasteiger partial charge on any atom is 0.229 e. The van der Waals surface area contributed by atoms with Crippen molar-refractivity contribution in [3.63, 3.8) is 0 Å². The number of ether oxygens (including phenoxy) is 5. The van der Waals surface area contributed by atoms with Crippen molar-refractivity contribution < 1.29 is 69.3 Å². The number of aliphatic hydroxyl groups is 8. The molecule has 228 valence electrons. The highest BCUT2D eigenvalue weighted by atomic mass is 16.8.